The molecule has 21 heavy (non-hydrogen) atoms. The average Bonchev–Trinajstić information content (AvgIpc) is 2.75. The van der Waals surface area contributed by atoms with E-state index in [9.17, 15) is 13.6 Å². The van der Waals surface area contributed by atoms with Crippen molar-refractivity contribution >= 4 is 5.91 Å². The van der Waals surface area contributed by atoms with Crippen molar-refractivity contribution in [3.63, 3.8) is 0 Å². The second kappa shape index (κ2) is 6.47. The number of nitrogens with zero attached hydrogens (tertiary/aromatic N) is 1. The van der Waals surface area contributed by atoms with Gasteiger partial charge < -0.3 is 5.32 Å². The molecule has 0 aliphatic carbocycles. The first-order valence-corrected chi connectivity index (χ1v) is 6.69. The summed E-state index contributed by atoms with van der Waals surface area (Å²) in [6, 6.07) is 3.63. The minimum atomic E-state index is -0.656. The Morgan fingerprint density at radius 2 is 1.90 bits per heavy atom. The van der Waals surface area contributed by atoms with Gasteiger partial charge in [0.25, 0.3) is 0 Å². The summed E-state index contributed by atoms with van der Waals surface area (Å²) in [4.78, 5) is 11.8. The number of H-pyrrole nitrogens is 1. The van der Waals surface area contributed by atoms with Crippen LogP contribution in [0.5, 0.6) is 0 Å². The van der Waals surface area contributed by atoms with Gasteiger partial charge >= 0.3 is 0 Å². The number of aromatic amines is 1. The fourth-order valence-electron chi connectivity index (χ4n) is 2.16. The van der Waals surface area contributed by atoms with Gasteiger partial charge in [-0.1, -0.05) is 6.07 Å². The van der Waals surface area contributed by atoms with Crippen molar-refractivity contribution in [2.75, 3.05) is 0 Å². The van der Waals surface area contributed by atoms with Crippen LogP contribution in [0.2, 0.25) is 0 Å². The van der Waals surface area contributed by atoms with E-state index in [4.69, 9.17) is 0 Å². The van der Waals surface area contributed by atoms with Crippen LogP contribution in [0.3, 0.4) is 0 Å². The van der Waals surface area contributed by atoms with Crippen molar-refractivity contribution in [3.05, 3.63) is 52.3 Å². The molecule has 0 saturated carbocycles. The molecule has 0 aliphatic heterocycles. The molecule has 1 amide bonds. The standard InChI is InChI=1S/C15H17F2N3O/c1-9-11(10(2)20-19-9)6-7-15(21)18-8-12-13(16)4-3-5-14(12)17/h3-5H,6-8H2,1-2H3,(H,18,21)(H,19,20). The highest BCUT2D eigenvalue weighted by atomic mass is 19.1. The Morgan fingerprint density at radius 1 is 1.24 bits per heavy atom. The molecule has 0 fully saturated rings. The van der Waals surface area contributed by atoms with Crippen molar-refractivity contribution in [2.24, 2.45) is 0 Å². The van der Waals surface area contributed by atoms with E-state index in [-0.39, 0.29) is 24.4 Å². The van der Waals surface area contributed by atoms with Gasteiger partial charge in [-0.3, -0.25) is 9.89 Å². The molecule has 2 N–H and O–H groups in total. The summed E-state index contributed by atoms with van der Waals surface area (Å²) in [6.45, 7) is 3.61. The third kappa shape index (κ3) is 3.65. The summed E-state index contributed by atoms with van der Waals surface area (Å²) in [5.74, 6) is -1.56. The molecule has 6 heteroatoms. The molecule has 1 heterocycles. The predicted octanol–water partition coefficient (Wildman–Crippen LogP) is 2.55. The molecule has 0 radical (unpaired) electrons. The van der Waals surface area contributed by atoms with Gasteiger partial charge in [-0.15, -0.1) is 0 Å². The van der Waals surface area contributed by atoms with Crippen LogP contribution in [0.1, 0.15) is 28.9 Å². The lowest BCUT2D eigenvalue weighted by Gasteiger charge is -2.07. The molecule has 0 unspecified atom stereocenters. The summed E-state index contributed by atoms with van der Waals surface area (Å²) in [6.07, 6.45) is 0.789. The number of rotatable bonds is 5. The Balaban J connectivity index is 1.88. The van der Waals surface area contributed by atoms with E-state index >= 15 is 0 Å². The number of aryl methyl sites for hydroxylation is 2. The lowest BCUT2D eigenvalue weighted by molar-refractivity contribution is -0.121. The maximum Gasteiger partial charge on any atom is 0.220 e. The number of nitrogens with one attached hydrogen (secondary N) is 2. The summed E-state index contributed by atoms with van der Waals surface area (Å²) in [5.41, 5.74) is 2.67. The van der Waals surface area contributed by atoms with Crippen molar-refractivity contribution < 1.29 is 13.6 Å². The molecule has 4 nitrogen and oxygen atoms in total. The normalized spacial score (nSPS) is 10.7. The summed E-state index contributed by atoms with van der Waals surface area (Å²) in [5, 5.41) is 9.44. The second-order valence-electron chi connectivity index (χ2n) is 4.89. The quantitative estimate of drug-likeness (QED) is 0.890. The van der Waals surface area contributed by atoms with Crippen molar-refractivity contribution in [3.8, 4) is 0 Å². The minimum absolute atomic E-state index is 0.124. The van der Waals surface area contributed by atoms with Crippen LogP contribution in [-0.4, -0.2) is 16.1 Å². The summed E-state index contributed by atoms with van der Waals surface area (Å²) in [7, 11) is 0. The van der Waals surface area contributed by atoms with Crippen LogP contribution in [-0.2, 0) is 17.8 Å². The topological polar surface area (TPSA) is 57.8 Å². The second-order valence-corrected chi connectivity index (χ2v) is 4.89. The van der Waals surface area contributed by atoms with Gasteiger partial charge in [-0.25, -0.2) is 8.78 Å². The van der Waals surface area contributed by atoms with Crippen molar-refractivity contribution in [1.29, 1.82) is 0 Å². The zero-order valence-electron chi connectivity index (χ0n) is 12.0. The lowest BCUT2D eigenvalue weighted by Crippen LogP contribution is -2.24. The van der Waals surface area contributed by atoms with Crippen molar-refractivity contribution in [2.45, 2.75) is 33.2 Å². The molecule has 2 rings (SSSR count). The van der Waals surface area contributed by atoms with Gasteiger partial charge in [0.1, 0.15) is 11.6 Å². The fourth-order valence-corrected chi connectivity index (χ4v) is 2.16. The Bertz CT molecular complexity index is 613. The van der Waals surface area contributed by atoms with Crippen LogP contribution in [0.25, 0.3) is 0 Å². The first kappa shape index (κ1) is 15.2. The maximum absolute atomic E-state index is 13.4. The van der Waals surface area contributed by atoms with Crippen LogP contribution in [0.4, 0.5) is 8.78 Å². The molecule has 1 aromatic carbocycles. The fraction of sp³-hybridized carbons (Fsp3) is 0.333. The number of hydrogen-bond donors (Lipinski definition) is 2. The minimum Gasteiger partial charge on any atom is -0.352 e. The highest BCUT2D eigenvalue weighted by Crippen LogP contribution is 2.13. The van der Waals surface area contributed by atoms with Gasteiger partial charge in [0.15, 0.2) is 0 Å². The number of aromatic nitrogens is 2. The number of carbonyl (C=O) groups excluding carboxylic acids is 1. The highest BCUT2D eigenvalue weighted by molar-refractivity contribution is 5.76. The van der Waals surface area contributed by atoms with Crippen LogP contribution >= 0.6 is 0 Å². The molecule has 0 bridgehead atoms. The monoisotopic (exact) mass is 293 g/mol. The Labute approximate surface area is 121 Å². The van der Waals surface area contributed by atoms with Crippen LogP contribution < -0.4 is 5.32 Å². The van der Waals surface area contributed by atoms with Crippen LogP contribution in [0.15, 0.2) is 18.2 Å². The molecule has 0 saturated heterocycles. The highest BCUT2D eigenvalue weighted by Gasteiger charge is 2.12. The first-order valence-electron chi connectivity index (χ1n) is 6.69. The summed E-state index contributed by atoms with van der Waals surface area (Å²) >= 11 is 0. The largest absolute Gasteiger partial charge is 0.352 e. The number of carbonyl (C=O) groups is 1. The van der Waals surface area contributed by atoms with E-state index in [0.717, 1.165) is 17.0 Å². The number of amides is 1. The smallest absolute Gasteiger partial charge is 0.220 e. The van der Waals surface area contributed by atoms with Gasteiger partial charge in [0.05, 0.1) is 5.69 Å². The Morgan fingerprint density at radius 3 is 2.48 bits per heavy atom. The maximum atomic E-state index is 13.4. The third-order valence-electron chi connectivity index (χ3n) is 3.41. The molecular weight excluding hydrogens is 276 g/mol. The predicted molar refractivity (Wildman–Crippen MR) is 74.6 cm³/mol. The SMILES string of the molecule is Cc1n[nH]c(C)c1CCC(=O)NCc1c(F)cccc1F. The van der Waals surface area contributed by atoms with Gasteiger partial charge in [-0.2, -0.15) is 5.10 Å². The number of halogens is 2. The van der Waals surface area contributed by atoms with E-state index in [1.165, 1.54) is 18.2 Å². The van der Waals surface area contributed by atoms with Gasteiger partial charge in [-0.05, 0) is 38.0 Å². The molecule has 0 aliphatic rings. The number of hydrogen-bond acceptors (Lipinski definition) is 2. The van der Waals surface area contributed by atoms with E-state index in [2.05, 4.69) is 15.5 Å². The molecular formula is C15H17F2N3O. The van der Waals surface area contributed by atoms with Crippen LogP contribution in [0, 0.1) is 25.5 Å². The van der Waals surface area contributed by atoms with Gasteiger partial charge in [0, 0.05) is 24.2 Å². The van der Waals surface area contributed by atoms with Crippen molar-refractivity contribution in [1.82, 2.24) is 15.5 Å². The van der Waals surface area contributed by atoms with E-state index < -0.39 is 11.6 Å². The Kier molecular flexibility index (Phi) is 4.67. The zero-order valence-corrected chi connectivity index (χ0v) is 12.0. The molecule has 112 valence electrons. The third-order valence-corrected chi connectivity index (χ3v) is 3.41. The molecule has 2 aromatic rings. The van der Waals surface area contributed by atoms with E-state index in [0.29, 0.717) is 6.42 Å². The van der Waals surface area contributed by atoms with Gasteiger partial charge in [0.2, 0.25) is 5.91 Å². The zero-order chi connectivity index (χ0) is 15.4. The van der Waals surface area contributed by atoms with E-state index in [1.807, 2.05) is 13.8 Å². The Hall–Kier alpha value is -2.24. The molecule has 0 spiro atoms. The molecule has 0 atom stereocenters. The number of benzene rings is 1. The molecule has 1 aromatic heterocycles. The average molecular weight is 293 g/mol. The van der Waals surface area contributed by atoms with E-state index in [1.54, 1.807) is 0 Å². The first-order chi connectivity index (χ1) is 9.99. The lowest BCUT2D eigenvalue weighted by atomic mass is 10.1. The summed E-state index contributed by atoms with van der Waals surface area (Å²) < 4.78 is 26.8.